The van der Waals surface area contributed by atoms with Crippen LogP contribution in [0.15, 0.2) is 54.6 Å². The molecule has 55 heavy (non-hydrogen) atoms. The molecule has 0 spiro atoms. The Balaban J connectivity index is 0.879. The van der Waals surface area contributed by atoms with Crippen molar-refractivity contribution in [1.29, 1.82) is 5.26 Å². The molecule has 7 amide bonds. The Morgan fingerprint density at radius 2 is 1.56 bits per heavy atom. The van der Waals surface area contributed by atoms with Crippen molar-refractivity contribution in [3.63, 3.8) is 0 Å². The molecule has 1 atom stereocenters. The number of piperidine rings is 1. The zero-order valence-electron chi connectivity index (χ0n) is 30.4. The summed E-state index contributed by atoms with van der Waals surface area (Å²) >= 11 is 6.17. The Hall–Kier alpha value is -5.65. The van der Waals surface area contributed by atoms with Crippen molar-refractivity contribution in [3.05, 3.63) is 87.7 Å². The molecule has 4 aliphatic heterocycles. The van der Waals surface area contributed by atoms with E-state index in [0.717, 1.165) is 67.5 Å². The van der Waals surface area contributed by atoms with Crippen LogP contribution >= 0.6 is 11.6 Å². The average molecular weight is 768 g/mol. The summed E-state index contributed by atoms with van der Waals surface area (Å²) in [5, 5.41) is 11.5. The minimum atomic E-state index is -1.29. The number of unbranched alkanes of at least 4 members (excludes halogenated alkanes) is 2. The molecule has 3 aromatic carbocycles. The van der Waals surface area contributed by atoms with Gasteiger partial charge < -0.3 is 4.90 Å². The van der Waals surface area contributed by atoms with E-state index in [0.29, 0.717) is 12.0 Å². The third-order valence-electron chi connectivity index (χ3n) is 10.9. The molecular formula is C40H39ClFN7O6. The van der Waals surface area contributed by atoms with Crippen LogP contribution < -0.4 is 20.0 Å². The molecule has 0 aromatic heterocycles. The lowest BCUT2D eigenvalue weighted by Gasteiger charge is -2.36. The SMILES string of the molecule is CC1(C)C(=O)N(c2ccc(C#N)c(Cl)c2)C(=O)N1c1ccc(CCCCCN2CCN(c3ccc4c(c3)C(=O)N(C3CCC(=O)NC3=O)C4=O)CC2)c(F)c1. The third-order valence-corrected chi connectivity index (χ3v) is 11.2. The van der Waals surface area contributed by atoms with Crippen LogP contribution in [0.1, 0.15) is 77.8 Å². The first-order valence-corrected chi connectivity index (χ1v) is 18.7. The molecular weight excluding hydrogens is 729 g/mol. The van der Waals surface area contributed by atoms with Crippen LogP contribution in [0.2, 0.25) is 5.02 Å². The second kappa shape index (κ2) is 14.9. The number of nitriles is 1. The number of anilines is 3. The number of carbonyl (C=O) groups is 6. The highest BCUT2D eigenvalue weighted by atomic mass is 35.5. The Morgan fingerprint density at radius 3 is 2.25 bits per heavy atom. The second-order valence-electron chi connectivity index (χ2n) is 14.7. The van der Waals surface area contributed by atoms with Gasteiger partial charge in [-0.2, -0.15) is 5.26 Å². The van der Waals surface area contributed by atoms with E-state index in [1.54, 1.807) is 38.1 Å². The standard InChI is InChI=1S/C40H39ClFN7O6/c1-40(2)38(54)47(27-9-8-25(23-43)31(41)21-27)39(55)49(40)28-10-7-24(32(42)22-28)6-4-3-5-15-45-16-18-46(19-17-45)26-11-12-29-30(20-26)37(53)48(36(29)52)33-13-14-34(50)44-35(33)51/h7-12,20-22,33H,3-6,13-19H2,1-2H3,(H,44,50,51). The third kappa shape index (κ3) is 6.94. The highest BCUT2D eigenvalue weighted by molar-refractivity contribution is 6.33. The number of benzene rings is 3. The lowest BCUT2D eigenvalue weighted by atomic mass is 10.0. The molecule has 1 unspecified atom stereocenters. The lowest BCUT2D eigenvalue weighted by molar-refractivity contribution is -0.136. The van der Waals surface area contributed by atoms with Gasteiger partial charge in [-0.25, -0.2) is 14.1 Å². The van der Waals surface area contributed by atoms with E-state index in [-0.39, 0.29) is 45.9 Å². The number of hydrogen-bond donors (Lipinski definition) is 1. The number of amides is 7. The first-order valence-electron chi connectivity index (χ1n) is 18.3. The molecule has 4 heterocycles. The predicted octanol–water partition coefficient (Wildman–Crippen LogP) is 5.04. The summed E-state index contributed by atoms with van der Waals surface area (Å²) in [5.74, 6) is -3.04. The molecule has 284 valence electrons. The van der Waals surface area contributed by atoms with Gasteiger partial charge in [-0.05, 0) is 100 Å². The van der Waals surface area contributed by atoms with Crippen LogP contribution in [0.4, 0.5) is 26.2 Å². The average Bonchev–Trinajstić information content (AvgIpc) is 3.51. The second-order valence-corrected chi connectivity index (χ2v) is 15.1. The fraction of sp³-hybridized carbons (Fsp3) is 0.375. The topological polar surface area (TPSA) is 154 Å². The van der Waals surface area contributed by atoms with Crippen LogP contribution in [0.5, 0.6) is 0 Å². The molecule has 0 aliphatic carbocycles. The van der Waals surface area contributed by atoms with Crippen molar-refractivity contribution >= 4 is 64.2 Å². The number of urea groups is 1. The van der Waals surface area contributed by atoms with E-state index in [1.807, 2.05) is 12.1 Å². The minimum absolute atomic E-state index is 0.0683. The maximum Gasteiger partial charge on any atom is 0.336 e. The first-order chi connectivity index (χ1) is 26.3. The quantitative estimate of drug-likeness (QED) is 0.170. The largest absolute Gasteiger partial charge is 0.369 e. The molecule has 3 fully saturated rings. The van der Waals surface area contributed by atoms with Crippen LogP contribution in [-0.4, -0.2) is 89.7 Å². The summed E-state index contributed by atoms with van der Waals surface area (Å²) in [6.45, 7) is 7.17. The lowest BCUT2D eigenvalue weighted by Crippen LogP contribution is -2.54. The number of carbonyl (C=O) groups excluding carboxylic acids is 6. The van der Waals surface area contributed by atoms with Crippen molar-refractivity contribution < 1.29 is 33.2 Å². The molecule has 3 saturated heterocycles. The van der Waals surface area contributed by atoms with E-state index < -0.39 is 53.0 Å². The molecule has 0 radical (unpaired) electrons. The molecule has 4 aliphatic rings. The van der Waals surface area contributed by atoms with Crippen molar-refractivity contribution in [2.75, 3.05) is 47.4 Å². The summed E-state index contributed by atoms with van der Waals surface area (Å²) < 4.78 is 15.4. The summed E-state index contributed by atoms with van der Waals surface area (Å²) in [4.78, 5) is 85.0. The van der Waals surface area contributed by atoms with Gasteiger partial charge in [-0.1, -0.05) is 24.1 Å². The summed E-state index contributed by atoms with van der Waals surface area (Å²) in [7, 11) is 0. The van der Waals surface area contributed by atoms with Crippen molar-refractivity contribution in [3.8, 4) is 6.07 Å². The first kappa shape index (κ1) is 37.7. The minimum Gasteiger partial charge on any atom is -0.369 e. The van der Waals surface area contributed by atoms with Crippen LogP contribution in [0, 0.1) is 17.1 Å². The van der Waals surface area contributed by atoms with E-state index in [4.69, 9.17) is 11.6 Å². The fourth-order valence-corrected chi connectivity index (χ4v) is 8.00. The summed E-state index contributed by atoms with van der Waals surface area (Å²) in [6, 6.07) is 14.4. The smallest absolute Gasteiger partial charge is 0.336 e. The van der Waals surface area contributed by atoms with Gasteiger partial charge in [0.25, 0.3) is 17.7 Å². The summed E-state index contributed by atoms with van der Waals surface area (Å²) in [5.41, 5.74) is 1.29. The number of hydrogen-bond acceptors (Lipinski definition) is 9. The molecule has 1 N–H and O–H groups in total. The number of aryl methyl sites for hydroxylation is 1. The Kier molecular flexibility index (Phi) is 10.2. The number of halogens is 2. The fourth-order valence-electron chi connectivity index (χ4n) is 7.78. The van der Waals surface area contributed by atoms with Gasteiger partial charge in [0.15, 0.2) is 0 Å². The Labute approximate surface area is 322 Å². The summed E-state index contributed by atoms with van der Waals surface area (Å²) in [6.07, 6.45) is 3.29. The number of piperazine rings is 1. The zero-order chi connectivity index (χ0) is 39.2. The number of imide groups is 3. The molecule has 15 heteroatoms. The van der Waals surface area contributed by atoms with Crippen LogP contribution in [-0.2, 0) is 20.8 Å². The van der Waals surface area contributed by atoms with Gasteiger partial charge in [0.2, 0.25) is 11.8 Å². The highest BCUT2D eigenvalue weighted by Crippen LogP contribution is 2.38. The Bertz CT molecular complexity index is 2180. The van der Waals surface area contributed by atoms with Gasteiger partial charge >= 0.3 is 6.03 Å². The number of fused-ring (bicyclic) bond motifs is 1. The zero-order valence-corrected chi connectivity index (χ0v) is 31.2. The molecule has 0 saturated carbocycles. The normalized spacial score (nSPS) is 20.0. The number of nitrogens with one attached hydrogen (secondary N) is 1. The maximum absolute atomic E-state index is 15.4. The highest BCUT2D eigenvalue weighted by Gasteiger charge is 2.53. The monoisotopic (exact) mass is 767 g/mol. The van der Waals surface area contributed by atoms with E-state index >= 15 is 4.39 Å². The van der Waals surface area contributed by atoms with Crippen molar-refractivity contribution in [2.45, 2.75) is 64.0 Å². The van der Waals surface area contributed by atoms with E-state index in [2.05, 4.69) is 15.1 Å². The Morgan fingerprint density at radius 1 is 0.855 bits per heavy atom. The van der Waals surface area contributed by atoms with Gasteiger partial charge in [0.1, 0.15) is 23.5 Å². The van der Waals surface area contributed by atoms with Crippen molar-refractivity contribution in [1.82, 2.24) is 15.1 Å². The molecule has 0 bridgehead atoms. The van der Waals surface area contributed by atoms with Crippen LogP contribution in [0.3, 0.4) is 0 Å². The molecule has 3 aromatic rings. The van der Waals surface area contributed by atoms with Gasteiger partial charge in [0.05, 0.1) is 27.4 Å². The predicted molar refractivity (Wildman–Crippen MR) is 201 cm³/mol. The number of rotatable bonds is 10. The van der Waals surface area contributed by atoms with E-state index in [1.165, 1.54) is 29.2 Å². The van der Waals surface area contributed by atoms with Gasteiger partial charge in [-0.15, -0.1) is 0 Å². The van der Waals surface area contributed by atoms with Gasteiger partial charge in [-0.3, -0.25) is 44.0 Å². The van der Waals surface area contributed by atoms with Crippen LogP contribution in [0.25, 0.3) is 0 Å². The van der Waals surface area contributed by atoms with E-state index in [9.17, 15) is 34.0 Å². The van der Waals surface area contributed by atoms with Crippen molar-refractivity contribution in [2.24, 2.45) is 0 Å². The van der Waals surface area contributed by atoms with Gasteiger partial charge in [0, 0.05) is 44.0 Å². The number of nitrogens with zero attached hydrogens (tertiary/aromatic N) is 6. The molecule has 13 nitrogen and oxygen atoms in total. The molecule has 7 rings (SSSR count). The maximum atomic E-state index is 15.4.